The highest BCUT2D eigenvalue weighted by Gasteiger charge is 2.23. The molecule has 4 rings (SSSR count). The standard InChI is InChI=1S/C16H15NO2/c1-17-15-5-3-2-4-13(15)14-7-6-11(8-16(14)17)18-9-12-10-19-12/h2-8,12H,9-10H2,1H3. The first-order valence-corrected chi connectivity index (χ1v) is 6.54. The van der Waals surface area contributed by atoms with E-state index < -0.39 is 0 Å². The van der Waals surface area contributed by atoms with Crippen LogP contribution in [0.1, 0.15) is 0 Å². The van der Waals surface area contributed by atoms with Crippen LogP contribution in [-0.2, 0) is 11.8 Å². The first-order chi connectivity index (χ1) is 9.33. The molecule has 0 aliphatic carbocycles. The molecule has 0 radical (unpaired) electrons. The number of epoxide rings is 1. The van der Waals surface area contributed by atoms with Crippen LogP contribution in [0.4, 0.5) is 0 Å². The molecule has 2 aromatic carbocycles. The molecule has 2 heterocycles. The molecule has 96 valence electrons. The fourth-order valence-electron chi connectivity index (χ4n) is 2.58. The van der Waals surface area contributed by atoms with Crippen LogP contribution < -0.4 is 4.74 Å². The first-order valence-electron chi connectivity index (χ1n) is 6.54. The van der Waals surface area contributed by atoms with E-state index in [-0.39, 0.29) is 0 Å². The van der Waals surface area contributed by atoms with Crippen LogP contribution in [0, 0.1) is 0 Å². The van der Waals surface area contributed by atoms with Gasteiger partial charge < -0.3 is 14.0 Å². The third kappa shape index (κ3) is 1.78. The summed E-state index contributed by atoms with van der Waals surface area (Å²) in [4.78, 5) is 0. The number of aromatic nitrogens is 1. The molecule has 0 bridgehead atoms. The minimum atomic E-state index is 0.295. The lowest BCUT2D eigenvalue weighted by atomic mass is 10.1. The summed E-state index contributed by atoms with van der Waals surface area (Å²) < 4.78 is 13.1. The van der Waals surface area contributed by atoms with Gasteiger partial charge in [0.1, 0.15) is 18.5 Å². The van der Waals surface area contributed by atoms with Gasteiger partial charge in [-0.3, -0.25) is 0 Å². The number of para-hydroxylation sites is 1. The van der Waals surface area contributed by atoms with Crippen LogP contribution in [0.15, 0.2) is 42.5 Å². The average molecular weight is 253 g/mol. The van der Waals surface area contributed by atoms with E-state index in [1.54, 1.807) is 0 Å². The number of ether oxygens (including phenoxy) is 2. The molecule has 0 saturated carbocycles. The predicted molar refractivity (Wildman–Crippen MR) is 75.7 cm³/mol. The monoisotopic (exact) mass is 253 g/mol. The molecule has 1 saturated heterocycles. The largest absolute Gasteiger partial charge is 0.491 e. The van der Waals surface area contributed by atoms with E-state index in [1.807, 2.05) is 6.07 Å². The SMILES string of the molecule is Cn1c2ccccc2c2ccc(OCC3CO3)cc21. The molecular weight excluding hydrogens is 238 g/mol. The topological polar surface area (TPSA) is 26.7 Å². The summed E-state index contributed by atoms with van der Waals surface area (Å²) in [7, 11) is 2.10. The minimum Gasteiger partial charge on any atom is -0.491 e. The molecule has 0 spiro atoms. The molecule has 19 heavy (non-hydrogen) atoms. The highest BCUT2D eigenvalue weighted by molar-refractivity contribution is 6.08. The predicted octanol–water partition coefficient (Wildman–Crippen LogP) is 3.11. The van der Waals surface area contributed by atoms with E-state index in [9.17, 15) is 0 Å². The quantitative estimate of drug-likeness (QED) is 0.670. The molecule has 1 aliphatic heterocycles. The summed E-state index contributed by atoms with van der Waals surface area (Å²) in [6.45, 7) is 1.48. The number of nitrogens with zero attached hydrogens (tertiary/aromatic N) is 1. The van der Waals surface area contributed by atoms with Gasteiger partial charge in [0.25, 0.3) is 0 Å². The summed E-state index contributed by atoms with van der Waals surface area (Å²) >= 11 is 0. The van der Waals surface area contributed by atoms with Crippen molar-refractivity contribution in [2.24, 2.45) is 7.05 Å². The van der Waals surface area contributed by atoms with Gasteiger partial charge in [0.2, 0.25) is 0 Å². The molecule has 0 N–H and O–H groups in total. The van der Waals surface area contributed by atoms with Crippen molar-refractivity contribution in [1.82, 2.24) is 4.57 Å². The van der Waals surface area contributed by atoms with Crippen molar-refractivity contribution in [2.75, 3.05) is 13.2 Å². The molecule has 1 atom stereocenters. The van der Waals surface area contributed by atoms with E-state index in [2.05, 4.69) is 48.0 Å². The summed E-state index contributed by atoms with van der Waals surface area (Å²) in [6, 6.07) is 14.7. The Balaban J connectivity index is 1.83. The number of hydrogen-bond donors (Lipinski definition) is 0. The van der Waals surface area contributed by atoms with Gasteiger partial charge in [-0.05, 0) is 18.2 Å². The van der Waals surface area contributed by atoms with Gasteiger partial charge in [-0.1, -0.05) is 18.2 Å². The second-order valence-corrected chi connectivity index (χ2v) is 5.02. The lowest BCUT2D eigenvalue weighted by Gasteiger charge is -2.05. The van der Waals surface area contributed by atoms with E-state index in [0.717, 1.165) is 12.4 Å². The van der Waals surface area contributed by atoms with E-state index in [0.29, 0.717) is 12.7 Å². The zero-order valence-electron chi connectivity index (χ0n) is 10.8. The van der Waals surface area contributed by atoms with Crippen LogP contribution in [-0.4, -0.2) is 23.9 Å². The number of hydrogen-bond acceptors (Lipinski definition) is 2. The van der Waals surface area contributed by atoms with Gasteiger partial charge in [-0.2, -0.15) is 0 Å². The van der Waals surface area contributed by atoms with Crippen molar-refractivity contribution in [3.63, 3.8) is 0 Å². The van der Waals surface area contributed by atoms with Crippen molar-refractivity contribution in [1.29, 1.82) is 0 Å². The Morgan fingerprint density at radius 1 is 1.16 bits per heavy atom. The molecule has 3 nitrogen and oxygen atoms in total. The highest BCUT2D eigenvalue weighted by Crippen LogP contribution is 2.30. The lowest BCUT2D eigenvalue weighted by molar-refractivity contribution is 0.263. The number of benzene rings is 2. The first kappa shape index (κ1) is 10.9. The van der Waals surface area contributed by atoms with Gasteiger partial charge in [-0.25, -0.2) is 0 Å². The average Bonchev–Trinajstić information content (AvgIpc) is 3.24. The molecule has 3 heteroatoms. The Kier molecular flexibility index (Phi) is 2.29. The minimum absolute atomic E-state index is 0.295. The van der Waals surface area contributed by atoms with Crippen LogP contribution in [0.25, 0.3) is 21.8 Å². The maximum Gasteiger partial charge on any atom is 0.121 e. The van der Waals surface area contributed by atoms with Crippen molar-refractivity contribution < 1.29 is 9.47 Å². The van der Waals surface area contributed by atoms with Crippen LogP contribution in [0.3, 0.4) is 0 Å². The number of rotatable bonds is 3. The Morgan fingerprint density at radius 2 is 1.95 bits per heavy atom. The summed E-state index contributed by atoms with van der Waals surface area (Å²) in [5, 5.41) is 2.56. The molecular formula is C16H15NO2. The summed E-state index contributed by atoms with van der Waals surface area (Å²) in [6.07, 6.45) is 0.295. The van der Waals surface area contributed by atoms with Gasteiger partial charge in [0.15, 0.2) is 0 Å². The molecule has 1 fully saturated rings. The zero-order valence-corrected chi connectivity index (χ0v) is 10.8. The zero-order chi connectivity index (χ0) is 12.8. The Bertz CT molecular complexity index is 756. The van der Waals surface area contributed by atoms with Gasteiger partial charge >= 0.3 is 0 Å². The normalized spacial score (nSPS) is 18.1. The highest BCUT2D eigenvalue weighted by atomic mass is 16.6. The molecule has 3 aromatic rings. The van der Waals surface area contributed by atoms with Crippen molar-refractivity contribution in [3.8, 4) is 5.75 Å². The van der Waals surface area contributed by atoms with Crippen LogP contribution >= 0.6 is 0 Å². The molecule has 1 aliphatic rings. The summed E-state index contributed by atoms with van der Waals surface area (Å²) in [5.74, 6) is 0.911. The number of fused-ring (bicyclic) bond motifs is 3. The van der Waals surface area contributed by atoms with E-state index >= 15 is 0 Å². The third-order valence-corrected chi connectivity index (χ3v) is 3.72. The maximum absolute atomic E-state index is 5.75. The van der Waals surface area contributed by atoms with E-state index in [4.69, 9.17) is 9.47 Å². The Morgan fingerprint density at radius 3 is 2.79 bits per heavy atom. The Hall–Kier alpha value is -2.00. The molecule has 1 aromatic heterocycles. The fourth-order valence-corrected chi connectivity index (χ4v) is 2.58. The summed E-state index contributed by atoms with van der Waals surface area (Å²) in [5.41, 5.74) is 2.45. The maximum atomic E-state index is 5.75. The van der Waals surface area contributed by atoms with Gasteiger partial charge in [0.05, 0.1) is 12.1 Å². The van der Waals surface area contributed by atoms with E-state index in [1.165, 1.54) is 21.8 Å². The Labute approximate surface area is 111 Å². The third-order valence-electron chi connectivity index (χ3n) is 3.72. The fraction of sp³-hybridized carbons (Fsp3) is 0.250. The van der Waals surface area contributed by atoms with Crippen LogP contribution in [0.2, 0.25) is 0 Å². The second-order valence-electron chi connectivity index (χ2n) is 5.02. The van der Waals surface area contributed by atoms with Crippen molar-refractivity contribution in [2.45, 2.75) is 6.10 Å². The van der Waals surface area contributed by atoms with Crippen LogP contribution in [0.5, 0.6) is 5.75 Å². The molecule has 1 unspecified atom stereocenters. The second kappa shape index (κ2) is 4.00. The van der Waals surface area contributed by atoms with Crippen molar-refractivity contribution >= 4 is 21.8 Å². The number of aryl methyl sites for hydroxylation is 1. The van der Waals surface area contributed by atoms with Crippen molar-refractivity contribution in [3.05, 3.63) is 42.5 Å². The lowest BCUT2D eigenvalue weighted by Crippen LogP contribution is -2.03. The smallest absolute Gasteiger partial charge is 0.121 e. The molecule has 0 amide bonds. The van der Waals surface area contributed by atoms with Gasteiger partial charge in [-0.15, -0.1) is 0 Å². The van der Waals surface area contributed by atoms with Gasteiger partial charge in [0, 0.05) is 29.4 Å².